The summed E-state index contributed by atoms with van der Waals surface area (Å²) in [5.74, 6) is 3.42. The van der Waals surface area contributed by atoms with Crippen LogP contribution < -0.4 is 10.6 Å². The maximum absolute atomic E-state index is 4.53. The Hall–Kier alpha value is -1.32. The summed E-state index contributed by atoms with van der Waals surface area (Å²) in [6, 6.07) is 0. The molecule has 4 nitrogen and oxygen atoms in total. The highest BCUT2D eigenvalue weighted by atomic mass is 15.1. The first-order valence-corrected chi connectivity index (χ1v) is 7.57. The van der Waals surface area contributed by atoms with Crippen LogP contribution >= 0.6 is 0 Å². The van der Waals surface area contributed by atoms with E-state index in [1.54, 1.807) is 6.20 Å². The van der Waals surface area contributed by atoms with Gasteiger partial charge in [-0.3, -0.25) is 4.98 Å². The van der Waals surface area contributed by atoms with Crippen molar-refractivity contribution in [1.29, 1.82) is 0 Å². The van der Waals surface area contributed by atoms with Crippen molar-refractivity contribution in [3.8, 4) is 0 Å². The van der Waals surface area contributed by atoms with E-state index in [1.165, 1.54) is 25.7 Å². The van der Waals surface area contributed by atoms with E-state index in [-0.39, 0.29) is 0 Å². The lowest BCUT2D eigenvalue weighted by Gasteiger charge is -2.26. The topological polar surface area (TPSA) is 49.8 Å². The van der Waals surface area contributed by atoms with E-state index in [4.69, 9.17) is 0 Å². The smallest absolute Gasteiger partial charge is 0.146 e. The largest absolute Gasteiger partial charge is 0.369 e. The van der Waals surface area contributed by atoms with Gasteiger partial charge in [0.15, 0.2) is 0 Å². The Kier molecular flexibility index (Phi) is 5.43. The van der Waals surface area contributed by atoms with E-state index in [0.717, 1.165) is 43.0 Å². The van der Waals surface area contributed by atoms with Crippen LogP contribution in [0.1, 0.15) is 46.0 Å². The molecule has 0 saturated heterocycles. The minimum absolute atomic E-state index is 0.790. The van der Waals surface area contributed by atoms with Crippen LogP contribution in [0.25, 0.3) is 0 Å². The molecule has 1 fully saturated rings. The third-order valence-electron chi connectivity index (χ3n) is 3.81. The molecule has 2 unspecified atom stereocenters. The Morgan fingerprint density at radius 2 is 2.00 bits per heavy atom. The zero-order valence-electron chi connectivity index (χ0n) is 12.2. The molecule has 0 aliphatic heterocycles. The molecule has 0 amide bonds. The monoisotopic (exact) mass is 262 g/mol. The van der Waals surface area contributed by atoms with Gasteiger partial charge >= 0.3 is 0 Å². The molecular weight excluding hydrogens is 236 g/mol. The minimum atomic E-state index is 0.790. The van der Waals surface area contributed by atoms with E-state index in [9.17, 15) is 0 Å². The van der Waals surface area contributed by atoms with Crippen molar-refractivity contribution in [1.82, 2.24) is 9.97 Å². The van der Waals surface area contributed by atoms with Crippen LogP contribution in [0.3, 0.4) is 0 Å². The molecule has 2 rings (SSSR count). The third-order valence-corrected chi connectivity index (χ3v) is 3.81. The van der Waals surface area contributed by atoms with Crippen LogP contribution in [-0.4, -0.2) is 23.1 Å². The van der Waals surface area contributed by atoms with Gasteiger partial charge in [-0.1, -0.05) is 26.7 Å². The molecule has 0 bridgehead atoms. The van der Waals surface area contributed by atoms with Gasteiger partial charge in [-0.15, -0.1) is 0 Å². The molecule has 1 aromatic rings. The maximum Gasteiger partial charge on any atom is 0.146 e. The van der Waals surface area contributed by atoms with Gasteiger partial charge in [0.25, 0.3) is 0 Å². The molecule has 0 aromatic carbocycles. The first-order valence-electron chi connectivity index (χ1n) is 7.57. The van der Waals surface area contributed by atoms with E-state index < -0.39 is 0 Å². The van der Waals surface area contributed by atoms with Crippen molar-refractivity contribution in [3.05, 3.63) is 12.4 Å². The van der Waals surface area contributed by atoms with E-state index in [2.05, 4.69) is 34.4 Å². The minimum Gasteiger partial charge on any atom is -0.369 e. The third kappa shape index (κ3) is 4.69. The highest BCUT2D eigenvalue weighted by Gasteiger charge is 2.18. The van der Waals surface area contributed by atoms with Crippen molar-refractivity contribution in [2.24, 2.45) is 11.8 Å². The second-order valence-corrected chi connectivity index (χ2v) is 5.74. The van der Waals surface area contributed by atoms with Crippen molar-refractivity contribution in [2.45, 2.75) is 46.0 Å². The predicted octanol–water partition coefficient (Wildman–Crippen LogP) is 3.54. The second kappa shape index (κ2) is 7.31. The van der Waals surface area contributed by atoms with Crippen LogP contribution in [0.5, 0.6) is 0 Å². The Morgan fingerprint density at radius 3 is 2.74 bits per heavy atom. The average Bonchev–Trinajstić information content (AvgIpc) is 2.43. The summed E-state index contributed by atoms with van der Waals surface area (Å²) in [4.78, 5) is 8.76. The van der Waals surface area contributed by atoms with Gasteiger partial charge in [-0.25, -0.2) is 4.98 Å². The van der Waals surface area contributed by atoms with Crippen LogP contribution in [0, 0.1) is 11.8 Å². The molecule has 19 heavy (non-hydrogen) atoms. The lowest BCUT2D eigenvalue weighted by atomic mass is 9.82. The molecule has 2 atom stereocenters. The number of anilines is 2. The van der Waals surface area contributed by atoms with Gasteiger partial charge < -0.3 is 10.6 Å². The van der Waals surface area contributed by atoms with Gasteiger partial charge in [-0.05, 0) is 31.1 Å². The molecule has 1 aliphatic rings. The number of nitrogens with zero attached hydrogens (tertiary/aromatic N) is 2. The van der Waals surface area contributed by atoms with Gasteiger partial charge in [0.1, 0.15) is 11.6 Å². The summed E-state index contributed by atoms with van der Waals surface area (Å²) >= 11 is 0. The molecule has 1 aromatic heterocycles. The summed E-state index contributed by atoms with van der Waals surface area (Å²) in [5.41, 5.74) is 0. The zero-order valence-corrected chi connectivity index (χ0v) is 12.2. The first-order chi connectivity index (χ1) is 9.28. The summed E-state index contributed by atoms with van der Waals surface area (Å²) in [7, 11) is 0. The van der Waals surface area contributed by atoms with Crippen molar-refractivity contribution >= 4 is 11.6 Å². The van der Waals surface area contributed by atoms with Crippen LogP contribution in [0.2, 0.25) is 0 Å². The molecule has 0 spiro atoms. The Balaban J connectivity index is 1.81. The summed E-state index contributed by atoms with van der Waals surface area (Å²) in [5, 5.41) is 6.70. The number of rotatable bonds is 6. The Labute approximate surface area is 116 Å². The van der Waals surface area contributed by atoms with Crippen LogP contribution in [-0.2, 0) is 0 Å². The number of hydrogen-bond donors (Lipinski definition) is 2. The average molecular weight is 262 g/mol. The molecule has 1 aliphatic carbocycles. The van der Waals surface area contributed by atoms with Gasteiger partial charge in [0.05, 0.1) is 12.4 Å². The maximum atomic E-state index is 4.53. The summed E-state index contributed by atoms with van der Waals surface area (Å²) in [6.07, 6.45) is 10.1. The number of hydrogen-bond acceptors (Lipinski definition) is 4. The Bertz CT molecular complexity index is 380. The molecule has 0 radical (unpaired) electrons. The summed E-state index contributed by atoms with van der Waals surface area (Å²) in [6.45, 7) is 6.47. The van der Waals surface area contributed by atoms with Gasteiger partial charge in [-0.2, -0.15) is 0 Å². The standard InChI is InChI=1S/C15H26N4/c1-3-7-17-14-10-16-11-15(19-14)18-9-13-6-4-5-12(2)8-13/h10-13H,3-9H2,1-2H3,(H2,17,18,19). The predicted molar refractivity (Wildman–Crippen MR) is 80.4 cm³/mol. The normalized spacial score (nSPS) is 23.1. The summed E-state index contributed by atoms with van der Waals surface area (Å²) < 4.78 is 0. The van der Waals surface area contributed by atoms with Crippen molar-refractivity contribution in [2.75, 3.05) is 23.7 Å². The molecule has 2 N–H and O–H groups in total. The lowest BCUT2D eigenvalue weighted by Crippen LogP contribution is -2.21. The molecule has 4 heteroatoms. The quantitative estimate of drug-likeness (QED) is 0.823. The molecular formula is C15H26N4. The van der Waals surface area contributed by atoms with Gasteiger partial charge in [0.2, 0.25) is 0 Å². The van der Waals surface area contributed by atoms with E-state index in [0.29, 0.717) is 0 Å². The highest BCUT2D eigenvalue weighted by molar-refractivity contribution is 5.41. The Morgan fingerprint density at radius 1 is 1.21 bits per heavy atom. The fraction of sp³-hybridized carbons (Fsp3) is 0.733. The molecule has 106 valence electrons. The van der Waals surface area contributed by atoms with Crippen LogP contribution in [0.15, 0.2) is 12.4 Å². The SMILES string of the molecule is CCCNc1cncc(NCC2CCCC(C)C2)n1. The number of nitrogens with one attached hydrogen (secondary N) is 2. The van der Waals surface area contributed by atoms with Crippen molar-refractivity contribution < 1.29 is 0 Å². The highest BCUT2D eigenvalue weighted by Crippen LogP contribution is 2.28. The lowest BCUT2D eigenvalue weighted by molar-refractivity contribution is 0.293. The van der Waals surface area contributed by atoms with Gasteiger partial charge in [0, 0.05) is 13.1 Å². The van der Waals surface area contributed by atoms with E-state index >= 15 is 0 Å². The van der Waals surface area contributed by atoms with E-state index in [1.807, 2.05) is 6.20 Å². The van der Waals surface area contributed by atoms with Crippen molar-refractivity contribution in [3.63, 3.8) is 0 Å². The first kappa shape index (κ1) is 14.1. The fourth-order valence-corrected chi connectivity index (χ4v) is 2.78. The van der Waals surface area contributed by atoms with Crippen LogP contribution in [0.4, 0.5) is 11.6 Å². The number of aromatic nitrogens is 2. The molecule has 1 heterocycles. The second-order valence-electron chi connectivity index (χ2n) is 5.74. The molecule has 1 saturated carbocycles. The zero-order chi connectivity index (χ0) is 13.5. The fourth-order valence-electron chi connectivity index (χ4n) is 2.78.